The number of carbonyl (C=O) groups excluding carboxylic acids is 2. The minimum atomic E-state index is -0.791. The van der Waals surface area contributed by atoms with Gasteiger partial charge < -0.3 is 14.7 Å². The zero-order valence-corrected chi connectivity index (χ0v) is 16.8. The van der Waals surface area contributed by atoms with Crippen LogP contribution in [0, 0.1) is 5.82 Å². The van der Waals surface area contributed by atoms with Crippen molar-refractivity contribution in [1.29, 1.82) is 0 Å². The fraction of sp³-hybridized carbons (Fsp3) is 0.238. The summed E-state index contributed by atoms with van der Waals surface area (Å²) in [5.41, 5.74) is 0.971. The third-order valence-electron chi connectivity index (χ3n) is 4.59. The first-order valence-corrected chi connectivity index (χ1v) is 9.52. The number of rotatable bonds is 6. The first kappa shape index (κ1) is 20.2. The fourth-order valence-corrected chi connectivity index (χ4v) is 3.51. The summed E-state index contributed by atoms with van der Waals surface area (Å²) in [5, 5.41) is 10.8. The van der Waals surface area contributed by atoms with Gasteiger partial charge in [-0.05, 0) is 36.2 Å². The SMILES string of the molecule is COCCCN1C(=O)C(=O)/C(=C(\O)c2ccc(Br)cc2)C1c1ccc(F)cc1. The van der Waals surface area contributed by atoms with Crippen LogP contribution >= 0.6 is 15.9 Å². The predicted molar refractivity (Wildman–Crippen MR) is 106 cm³/mol. The van der Waals surface area contributed by atoms with Crippen LogP contribution in [-0.4, -0.2) is 42.0 Å². The zero-order valence-electron chi connectivity index (χ0n) is 15.2. The molecule has 1 saturated heterocycles. The number of halogens is 2. The number of carbonyl (C=O) groups is 2. The largest absolute Gasteiger partial charge is 0.507 e. The Hall–Kier alpha value is -2.51. The second kappa shape index (κ2) is 8.67. The van der Waals surface area contributed by atoms with E-state index in [0.717, 1.165) is 4.47 Å². The van der Waals surface area contributed by atoms with Gasteiger partial charge in [0.15, 0.2) is 0 Å². The molecule has 1 heterocycles. The number of nitrogens with zero attached hydrogens (tertiary/aromatic N) is 1. The number of likely N-dealkylation sites (tertiary alicyclic amines) is 1. The summed E-state index contributed by atoms with van der Waals surface area (Å²) >= 11 is 3.33. The number of aliphatic hydroxyl groups excluding tert-OH is 1. The lowest BCUT2D eigenvalue weighted by Gasteiger charge is -2.25. The molecule has 0 bridgehead atoms. The molecule has 1 unspecified atom stereocenters. The lowest BCUT2D eigenvalue weighted by Crippen LogP contribution is -2.31. The lowest BCUT2D eigenvalue weighted by atomic mass is 9.95. The van der Waals surface area contributed by atoms with Crippen molar-refractivity contribution in [3.63, 3.8) is 0 Å². The molecule has 5 nitrogen and oxygen atoms in total. The van der Waals surface area contributed by atoms with Gasteiger partial charge in [0.05, 0.1) is 11.6 Å². The van der Waals surface area contributed by atoms with Crippen LogP contribution in [0.5, 0.6) is 0 Å². The van der Waals surface area contributed by atoms with Crippen molar-refractivity contribution in [1.82, 2.24) is 4.90 Å². The van der Waals surface area contributed by atoms with Crippen LogP contribution in [0.25, 0.3) is 5.76 Å². The standard InChI is InChI=1S/C21H19BrFNO4/c1-28-12-2-11-24-18(13-5-9-16(23)10-6-13)17(20(26)21(24)27)19(25)14-3-7-15(22)8-4-14/h3-10,18,25H,2,11-12H2,1H3/b19-17-. The molecule has 3 rings (SSSR count). The molecule has 2 aromatic carbocycles. The molecule has 0 radical (unpaired) electrons. The van der Waals surface area contributed by atoms with Crippen molar-refractivity contribution in [3.8, 4) is 0 Å². The van der Waals surface area contributed by atoms with Crippen LogP contribution in [0.4, 0.5) is 4.39 Å². The van der Waals surface area contributed by atoms with Crippen molar-refractivity contribution in [2.24, 2.45) is 0 Å². The molecule has 146 valence electrons. The van der Waals surface area contributed by atoms with Gasteiger partial charge in [0.2, 0.25) is 0 Å². The highest BCUT2D eigenvalue weighted by Crippen LogP contribution is 2.39. The van der Waals surface area contributed by atoms with Gasteiger partial charge in [-0.25, -0.2) is 4.39 Å². The molecule has 1 aliphatic heterocycles. The quantitative estimate of drug-likeness (QED) is 0.314. The molecule has 0 aromatic heterocycles. The van der Waals surface area contributed by atoms with Gasteiger partial charge in [0.25, 0.3) is 11.7 Å². The van der Waals surface area contributed by atoms with E-state index in [1.165, 1.54) is 29.2 Å². The minimum absolute atomic E-state index is 0.00338. The van der Waals surface area contributed by atoms with Gasteiger partial charge in [0, 0.05) is 30.3 Å². The molecule has 1 fully saturated rings. The summed E-state index contributed by atoms with van der Waals surface area (Å²) in [6.45, 7) is 0.698. The number of aliphatic hydroxyl groups is 1. The molecular weight excluding hydrogens is 429 g/mol. The molecule has 1 amide bonds. The third-order valence-corrected chi connectivity index (χ3v) is 5.12. The summed E-state index contributed by atoms with van der Waals surface area (Å²) in [6.07, 6.45) is 0.527. The second-order valence-electron chi connectivity index (χ2n) is 6.40. The van der Waals surface area contributed by atoms with Crippen molar-refractivity contribution in [2.45, 2.75) is 12.5 Å². The van der Waals surface area contributed by atoms with E-state index in [2.05, 4.69) is 15.9 Å². The molecule has 1 N–H and O–H groups in total. The maximum atomic E-state index is 13.4. The Kier molecular flexibility index (Phi) is 6.26. The van der Waals surface area contributed by atoms with Crippen LogP contribution < -0.4 is 0 Å². The maximum Gasteiger partial charge on any atom is 0.295 e. The molecule has 2 aromatic rings. The number of hydrogen-bond acceptors (Lipinski definition) is 4. The van der Waals surface area contributed by atoms with Crippen LogP contribution in [0.1, 0.15) is 23.6 Å². The van der Waals surface area contributed by atoms with Gasteiger partial charge >= 0.3 is 0 Å². The smallest absolute Gasteiger partial charge is 0.295 e. The Morgan fingerprint density at radius 2 is 1.79 bits per heavy atom. The normalized spacial score (nSPS) is 18.7. The van der Waals surface area contributed by atoms with E-state index >= 15 is 0 Å². The van der Waals surface area contributed by atoms with Crippen LogP contribution in [0.2, 0.25) is 0 Å². The van der Waals surface area contributed by atoms with Crippen molar-refractivity contribution in [2.75, 3.05) is 20.3 Å². The van der Waals surface area contributed by atoms with Gasteiger partial charge in [-0.1, -0.05) is 40.2 Å². The van der Waals surface area contributed by atoms with Crippen LogP contribution in [0.15, 0.2) is 58.6 Å². The second-order valence-corrected chi connectivity index (χ2v) is 7.31. The Morgan fingerprint density at radius 3 is 2.39 bits per heavy atom. The lowest BCUT2D eigenvalue weighted by molar-refractivity contribution is -0.140. The average Bonchev–Trinajstić information content (AvgIpc) is 2.94. The van der Waals surface area contributed by atoms with E-state index in [1.54, 1.807) is 31.4 Å². The van der Waals surface area contributed by atoms with Crippen molar-refractivity contribution in [3.05, 3.63) is 75.5 Å². The topological polar surface area (TPSA) is 66.8 Å². The maximum absolute atomic E-state index is 13.4. The monoisotopic (exact) mass is 447 g/mol. The van der Waals surface area contributed by atoms with Gasteiger partial charge in [-0.2, -0.15) is 0 Å². The van der Waals surface area contributed by atoms with Crippen molar-refractivity contribution >= 4 is 33.4 Å². The number of benzene rings is 2. The summed E-state index contributed by atoms with van der Waals surface area (Å²) in [5.74, 6) is -2.13. The average molecular weight is 448 g/mol. The number of amides is 1. The third kappa shape index (κ3) is 4.00. The van der Waals surface area contributed by atoms with E-state index in [9.17, 15) is 19.1 Å². The first-order chi connectivity index (χ1) is 13.4. The molecule has 1 aliphatic rings. The number of ether oxygens (including phenoxy) is 1. The van der Waals surface area contributed by atoms with Crippen LogP contribution in [-0.2, 0) is 14.3 Å². The summed E-state index contributed by atoms with van der Waals surface area (Å²) < 4.78 is 19.3. The van der Waals surface area contributed by atoms with E-state index in [1.807, 2.05) is 0 Å². The Balaban J connectivity index is 2.10. The summed E-state index contributed by atoms with van der Waals surface area (Å²) in [4.78, 5) is 26.8. The van der Waals surface area contributed by atoms with Gasteiger partial charge in [-0.15, -0.1) is 0 Å². The number of hydrogen-bond donors (Lipinski definition) is 1. The van der Waals surface area contributed by atoms with Gasteiger partial charge in [0.1, 0.15) is 11.6 Å². The number of methoxy groups -OCH3 is 1. The predicted octanol–water partition coefficient (Wildman–Crippen LogP) is 4.05. The fourth-order valence-electron chi connectivity index (χ4n) is 3.24. The summed E-state index contributed by atoms with van der Waals surface area (Å²) in [6, 6.07) is 11.6. The highest BCUT2D eigenvalue weighted by Gasteiger charge is 2.45. The van der Waals surface area contributed by atoms with E-state index in [4.69, 9.17) is 4.74 Å². The minimum Gasteiger partial charge on any atom is -0.507 e. The molecule has 0 aliphatic carbocycles. The Bertz CT molecular complexity index is 909. The number of Topliss-reactive ketones (excluding diaryl/α,β-unsaturated/α-hetero) is 1. The Morgan fingerprint density at radius 1 is 1.14 bits per heavy atom. The van der Waals surface area contributed by atoms with E-state index in [0.29, 0.717) is 24.2 Å². The first-order valence-electron chi connectivity index (χ1n) is 8.72. The molecule has 1 atom stereocenters. The molecular formula is C21H19BrFNO4. The van der Waals surface area contributed by atoms with Crippen molar-refractivity contribution < 1.29 is 23.8 Å². The highest BCUT2D eigenvalue weighted by molar-refractivity contribution is 9.10. The van der Waals surface area contributed by atoms with Crippen LogP contribution in [0.3, 0.4) is 0 Å². The van der Waals surface area contributed by atoms with E-state index < -0.39 is 23.5 Å². The number of ketones is 1. The highest BCUT2D eigenvalue weighted by atomic mass is 79.9. The Labute approximate surface area is 170 Å². The molecule has 0 saturated carbocycles. The summed E-state index contributed by atoms with van der Waals surface area (Å²) in [7, 11) is 1.55. The van der Waals surface area contributed by atoms with E-state index in [-0.39, 0.29) is 17.9 Å². The molecule has 28 heavy (non-hydrogen) atoms. The van der Waals surface area contributed by atoms with Gasteiger partial charge in [-0.3, -0.25) is 9.59 Å². The molecule has 0 spiro atoms. The zero-order chi connectivity index (χ0) is 20.3. The molecule has 7 heteroatoms.